The Balaban J connectivity index is 1.83. The topological polar surface area (TPSA) is 66.5 Å². The molecule has 1 saturated heterocycles. The maximum Gasteiger partial charge on any atom is 0.255 e. The first-order chi connectivity index (χ1) is 12.9. The maximum atomic E-state index is 13.0. The van der Waals surface area contributed by atoms with Crippen molar-refractivity contribution in [1.82, 2.24) is 4.31 Å². The lowest BCUT2D eigenvalue weighted by atomic mass is 10.1. The highest BCUT2D eigenvalue weighted by molar-refractivity contribution is 9.10. The second kappa shape index (κ2) is 8.54. The molecule has 1 amide bonds. The highest BCUT2D eigenvalue weighted by Crippen LogP contribution is 2.23. The molecule has 0 aromatic heterocycles. The maximum absolute atomic E-state index is 13.0. The Morgan fingerprint density at radius 3 is 2.41 bits per heavy atom. The molecule has 7 heteroatoms. The minimum atomic E-state index is -3.58. The summed E-state index contributed by atoms with van der Waals surface area (Å²) in [6, 6.07) is 11.8. The van der Waals surface area contributed by atoms with Gasteiger partial charge in [-0.2, -0.15) is 4.31 Å². The normalized spacial score (nSPS) is 15.9. The molecule has 1 N–H and O–H groups in total. The fourth-order valence-electron chi connectivity index (χ4n) is 3.19. The second-order valence-electron chi connectivity index (χ2n) is 6.76. The largest absolute Gasteiger partial charge is 0.322 e. The minimum Gasteiger partial charge on any atom is -0.322 e. The Labute approximate surface area is 169 Å². The minimum absolute atomic E-state index is 0.171. The number of halogens is 1. The van der Waals surface area contributed by atoms with Gasteiger partial charge in [0.05, 0.1) is 4.90 Å². The predicted octanol–water partition coefficient (Wildman–Crippen LogP) is 4.57. The molecule has 2 aromatic carbocycles. The van der Waals surface area contributed by atoms with Crippen molar-refractivity contribution in [2.45, 2.75) is 37.5 Å². The molecule has 1 heterocycles. The van der Waals surface area contributed by atoms with Gasteiger partial charge in [0.25, 0.3) is 5.91 Å². The third-order valence-corrected chi connectivity index (χ3v) is 7.12. The number of aryl methyl sites for hydroxylation is 1. The molecule has 0 radical (unpaired) electrons. The Hall–Kier alpha value is -1.70. The van der Waals surface area contributed by atoms with Gasteiger partial charge in [-0.25, -0.2) is 8.42 Å². The van der Waals surface area contributed by atoms with Crippen molar-refractivity contribution in [2.24, 2.45) is 0 Å². The molecule has 0 aliphatic carbocycles. The van der Waals surface area contributed by atoms with E-state index in [9.17, 15) is 13.2 Å². The van der Waals surface area contributed by atoms with Crippen LogP contribution in [0.1, 0.15) is 41.6 Å². The van der Waals surface area contributed by atoms with Crippen LogP contribution in [-0.2, 0) is 10.0 Å². The van der Waals surface area contributed by atoms with Gasteiger partial charge in [-0.3, -0.25) is 4.79 Å². The van der Waals surface area contributed by atoms with Gasteiger partial charge in [0, 0.05) is 28.8 Å². The molecule has 1 aliphatic heterocycles. The molecule has 27 heavy (non-hydrogen) atoms. The number of nitrogens with zero attached hydrogens (tertiary/aromatic N) is 1. The Morgan fingerprint density at radius 1 is 1.04 bits per heavy atom. The summed E-state index contributed by atoms with van der Waals surface area (Å²) in [4.78, 5) is 12.8. The summed E-state index contributed by atoms with van der Waals surface area (Å²) < 4.78 is 28.4. The van der Waals surface area contributed by atoms with E-state index in [0.29, 0.717) is 24.3 Å². The van der Waals surface area contributed by atoms with Gasteiger partial charge in [-0.15, -0.1) is 0 Å². The molecule has 0 bridgehead atoms. The second-order valence-corrected chi connectivity index (χ2v) is 9.61. The number of nitrogens with one attached hydrogen (secondary N) is 1. The lowest BCUT2D eigenvalue weighted by molar-refractivity contribution is 0.102. The van der Waals surface area contributed by atoms with Crippen molar-refractivity contribution in [3.8, 4) is 0 Å². The first-order valence-corrected chi connectivity index (χ1v) is 11.3. The fourth-order valence-corrected chi connectivity index (χ4v) is 5.23. The van der Waals surface area contributed by atoms with E-state index >= 15 is 0 Å². The Bertz CT molecular complexity index is 936. The number of hydrogen-bond donors (Lipinski definition) is 1. The van der Waals surface area contributed by atoms with Gasteiger partial charge in [0.15, 0.2) is 0 Å². The van der Waals surface area contributed by atoms with E-state index in [2.05, 4.69) is 21.2 Å². The molecule has 0 atom stereocenters. The molecule has 2 aromatic rings. The average molecular weight is 451 g/mol. The molecule has 3 rings (SSSR count). The van der Waals surface area contributed by atoms with Crippen molar-refractivity contribution in [1.29, 1.82) is 0 Å². The molecule has 1 fully saturated rings. The molecule has 0 spiro atoms. The quantitative estimate of drug-likeness (QED) is 0.741. The number of rotatable bonds is 4. The molecular formula is C20H23BrN2O3S. The number of sulfonamides is 1. The third-order valence-electron chi connectivity index (χ3n) is 4.74. The van der Waals surface area contributed by atoms with Crippen LogP contribution >= 0.6 is 15.9 Å². The van der Waals surface area contributed by atoms with Gasteiger partial charge in [-0.1, -0.05) is 34.8 Å². The van der Waals surface area contributed by atoms with E-state index in [1.807, 2.05) is 25.1 Å². The van der Waals surface area contributed by atoms with Crippen molar-refractivity contribution in [2.75, 3.05) is 18.4 Å². The molecule has 0 saturated carbocycles. The lowest BCUT2D eigenvalue weighted by Crippen LogP contribution is -2.32. The van der Waals surface area contributed by atoms with E-state index in [1.165, 1.54) is 10.4 Å². The van der Waals surface area contributed by atoms with Crippen molar-refractivity contribution in [3.63, 3.8) is 0 Å². The summed E-state index contributed by atoms with van der Waals surface area (Å²) in [5.74, 6) is -0.326. The van der Waals surface area contributed by atoms with Gasteiger partial charge < -0.3 is 5.32 Å². The van der Waals surface area contributed by atoms with Crippen molar-refractivity contribution in [3.05, 3.63) is 58.1 Å². The summed E-state index contributed by atoms with van der Waals surface area (Å²) in [7, 11) is -3.58. The zero-order valence-corrected chi connectivity index (χ0v) is 17.6. The standard InChI is InChI=1S/C20H23BrN2O3S/c1-15-13-17(21)9-10-19(15)22-20(24)16-7-6-8-18(14-16)27(25,26)23-11-4-2-3-5-12-23/h6-10,13-14H,2-5,11-12H2,1H3,(H,22,24). The van der Waals surface area contributed by atoms with Gasteiger partial charge in [0.2, 0.25) is 10.0 Å². The molecule has 5 nitrogen and oxygen atoms in total. The zero-order chi connectivity index (χ0) is 19.4. The number of amides is 1. The monoisotopic (exact) mass is 450 g/mol. The first-order valence-electron chi connectivity index (χ1n) is 9.05. The van der Waals surface area contributed by atoms with E-state index in [4.69, 9.17) is 0 Å². The summed E-state index contributed by atoms with van der Waals surface area (Å²) in [5, 5.41) is 2.85. The first kappa shape index (κ1) is 20.0. The number of hydrogen-bond acceptors (Lipinski definition) is 3. The molecular weight excluding hydrogens is 428 g/mol. The number of carbonyl (C=O) groups is 1. The van der Waals surface area contributed by atoms with Crippen LogP contribution in [0.2, 0.25) is 0 Å². The summed E-state index contributed by atoms with van der Waals surface area (Å²) in [6.45, 7) is 2.98. The highest BCUT2D eigenvalue weighted by atomic mass is 79.9. The van der Waals surface area contributed by atoms with E-state index < -0.39 is 10.0 Å². The number of anilines is 1. The number of benzene rings is 2. The van der Waals surface area contributed by atoms with Crippen molar-refractivity contribution >= 4 is 37.5 Å². The van der Waals surface area contributed by atoms with Crippen molar-refractivity contribution < 1.29 is 13.2 Å². The van der Waals surface area contributed by atoms with Crippen LogP contribution in [0.5, 0.6) is 0 Å². The highest BCUT2D eigenvalue weighted by Gasteiger charge is 2.25. The Morgan fingerprint density at radius 2 is 1.74 bits per heavy atom. The van der Waals surface area contributed by atoms with Gasteiger partial charge >= 0.3 is 0 Å². The smallest absolute Gasteiger partial charge is 0.255 e. The van der Waals surface area contributed by atoms with Gasteiger partial charge in [-0.05, 0) is 61.7 Å². The van der Waals surface area contributed by atoms with Crippen LogP contribution in [0.4, 0.5) is 5.69 Å². The van der Waals surface area contributed by atoms with E-state index in [-0.39, 0.29) is 10.8 Å². The zero-order valence-electron chi connectivity index (χ0n) is 15.2. The number of carbonyl (C=O) groups excluding carboxylic acids is 1. The van der Waals surface area contributed by atoms with Crippen LogP contribution in [0, 0.1) is 6.92 Å². The fraction of sp³-hybridized carbons (Fsp3) is 0.350. The predicted molar refractivity (Wildman–Crippen MR) is 111 cm³/mol. The molecule has 0 unspecified atom stereocenters. The lowest BCUT2D eigenvalue weighted by Gasteiger charge is -2.20. The Kier molecular flexibility index (Phi) is 6.34. The average Bonchev–Trinajstić information content (AvgIpc) is 2.94. The van der Waals surface area contributed by atoms with E-state index in [0.717, 1.165) is 35.7 Å². The molecule has 1 aliphatic rings. The van der Waals surface area contributed by atoms with E-state index in [1.54, 1.807) is 18.2 Å². The SMILES string of the molecule is Cc1cc(Br)ccc1NC(=O)c1cccc(S(=O)(=O)N2CCCCCC2)c1. The van der Waals surface area contributed by atoms with Crippen LogP contribution in [0.3, 0.4) is 0 Å². The van der Waals surface area contributed by atoms with Crippen LogP contribution in [-0.4, -0.2) is 31.7 Å². The molecule has 144 valence electrons. The summed E-state index contributed by atoms with van der Waals surface area (Å²) in [5.41, 5.74) is 1.95. The van der Waals surface area contributed by atoms with Gasteiger partial charge in [0.1, 0.15) is 0 Å². The summed E-state index contributed by atoms with van der Waals surface area (Å²) >= 11 is 3.40. The summed E-state index contributed by atoms with van der Waals surface area (Å²) in [6.07, 6.45) is 3.87. The van der Waals surface area contributed by atoms with Crippen LogP contribution < -0.4 is 5.32 Å². The third kappa shape index (κ3) is 4.78. The van der Waals surface area contributed by atoms with Crippen LogP contribution in [0.25, 0.3) is 0 Å². The van der Waals surface area contributed by atoms with Crippen LogP contribution in [0.15, 0.2) is 51.8 Å².